The highest BCUT2D eigenvalue weighted by Crippen LogP contribution is 2.31. The van der Waals surface area contributed by atoms with E-state index in [9.17, 15) is 18.4 Å². The number of hydrogen-bond donors (Lipinski definition) is 1. The molecule has 2 amide bonds. The molecule has 3 heterocycles. The third kappa shape index (κ3) is 3.68. The highest BCUT2D eigenvalue weighted by Gasteiger charge is 2.42. The summed E-state index contributed by atoms with van der Waals surface area (Å²) in [6.07, 6.45) is 1.23. The number of fused-ring (bicyclic) bond motifs is 1. The number of carbonyl (C=O) groups excluding carboxylic acids is 2. The van der Waals surface area contributed by atoms with Crippen LogP contribution in [0.3, 0.4) is 0 Å². The van der Waals surface area contributed by atoms with Gasteiger partial charge in [0.05, 0.1) is 22.5 Å². The first kappa shape index (κ1) is 20.4. The van der Waals surface area contributed by atoms with Crippen LogP contribution in [0.15, 0.2) is 48.5 Å². The highest BCUT2D eigenvalue weighted by molar-refractivity contribution is 6.00. The van der Waals surface area contributed by atoms with Gasteiger partial charge in [0.25, 0.3) is 5.91 Å². The third-order valence-corrected chi connectivity index (χ3v) is 6.12. The Labute approximate surface area is 183 Å². The van der Waals surface area contributed by atoms with Crippen molar-refractivity contribution in [2.24, 2.45) is 0 Å². The standard InChI is InChI=1S/C23H22F2N4O3/c24-23(25)32-19-10-4-1-6-15(19)21(30)29-11-5-9-18(29)22(31)28-12-14(13-28)20-26-16-7-2-3-8-17(16)27-20/h1-4,6-8,10,14,18,23H,5,9,11-13H2,(H,26,27). The molecule has 32 heavy (non-hydrogen) atoms. The largest absolute Gasteiger partial charge is 0.434 e. The zero-order valence-corrected chi connectivity index (χ0v) is 17.2. The molecule has 3 aromatic rings. The Morgan fingerprint density at radius 3 is 2.62 bits per heavy atom. The van der Waals surface area contributed by atoms with Gasteiger partial charge in [-0.3, -0.25) is 9.59 Å². The second-order valence-electron chi connectivity index (χ2n) is 8.11. The van der Waals surface area contributed by atoms with Crippen molar-refractivity contribution < 1.29 is 23.1 Å². The number of rotatable bonds is 5. The van der Waals surface area contributed by atoms with E-state index in [-0.39, 0.29) is 23.1 Å². The first-order chi connectivity index (χ1) is 15.5. The number of nitrogens with zero attached hydrogens (tertiary/aromatic N) is 3. The zero-order valence-electron chi connectivity index (χ0n) is 17.2. The molecule has 2 saturated heterocycles. The lowest BCUT2D eigenvalue weighted by Crippen LogP contribution is -2.55. The van der Waals surface area contributed by atoms with Crippen LogP contribution in [0.2, 0.25) is 0 Å². The number of imidazole rings is 1. The van der Waals surface area contributed by atoms with Gasteiger partial charge >= 0.3 is 6.61 Å². The molecule has 5 rings (SSSR count). The van der Waals surface area contributed by atoms with Crippen LogP contribution in [-0.2, 0) is 4.79 Å². The summed E-state index contributed by atoms with van der Waals surface area (Å²) < 4.78 is 30.0. The normalized spacial score (nSPS) is 18.9. The maximum atomic E-state index is 13.1. The summed E-state index contributed by atoms with van der Waals surface area (Å²) in [6, 6.07) is 13.1. The minimum atomic E-state index is -3.03. The van der Waals surface area contributed by atoms with Gasteiger partial charge in [0.1, 0.15) is 17.6 Å². The van der Waals surface area contributed by atoms with E-state index in [1.165, 1.54) is 23.1 Å². The van der Waals surface area contributed by atoms with Gasteiger partial charge in [0.2, 0.25) is 5.91 Å². The van der Waals surface area contributed by atoms with Gasteiger partial charge in [0, 0.05) is 19.6 Å². The second-order valence-corrected chi connectivity index (χ2v) is 8.11. The van der Waals surface area contributed by atoms with Crippen molar-refractivity contribution in [2.45, 2.75) is 31.4 Å². The first-order valence-electron chi connectivity index (χ1n) is 10.6. The van der Waals surface area contributed by atoms with Crippen LogP contribution in [0.5, 0.6) is 5.75 Å². The van der Waals surface area contributed by atoms with Gasteiger partial charge in [-0.25, -0.2) is 4.98 Å². The average Bonchev–Trinajstić information content (AvgIpc) is 3.39. The fourth-order valence-corrected chi connectivity index (χ4v) is 4.47. The Morgan fingerprint density at radius 1 is 1.09 bits per heavy atom. The van der Waals surface area contributed by atoms with Crippen LogP contribution in [-0.4, -0.2) is 63.9 Å². The van der Waals surface area contributed by atoms with E-state index >= 15 is 0 Å². The molecule has 2 fully saturated rings. The van der Waals surface area contributed by atoms with Gasteiger partial charge < -0.3 is 19.5 Å². The maximum Gasteiger partial charge on any atom is 0.387 e. The number of ether oxygens (including phenoxy) is 1. The molecule has 0 aliphatic carbocycles. The van der Waals surface area contributed by atoms with E-state index in [2.05, 4.69) is 14.7 Å². The summed E-state index contributed by atoms with van der Waals surface area (Å²) in [7, 11) is 0. The highest BCUT2D eigenvalue weighted by atomic mass is 19.3. The lowest BCUT2D eigenvalue weighted by Gasteiger charge is -2.41. The Kier molecular flexibility index (Phi) is 5.24. The van der Waals surface area contributed by atoms with E-state index in [0.29, 0.717) is 32.5 Å². The van der Waals surface area contributed by atoms with Crippen molar-refractivity contribution in [3.8, 4) is 5.75 Å². The van der Waals surface area contributed by atoms with E-state index in [1.54, 1.807) is 11.0 Å². The molecule has 166 valence electrons. The van der Waals surface area contributed by atoms with Crippen molar-refractivity contribution in [3.05, 3.63) is 59.9 Å². The number of likely N-dealkylation sites (tertiary alicyclic amines) is 2. The Bertz CT molecular complexity index is 1130. The average molecular weight is 440 g/mol. The second kappa shape index (κ2) is 8.22. The molecule has 0 radical (unpaired) electrons. The van der Waals surface area contributed by atoms with Crippen LogP contribution in [0, 0.1) is 0 Å². The van der Waals surface area contributed by atoms with E-state index in [1.807, 2.05) is 24.3 Å². The van der Waals surface area contributed by atoms with Gasteiger partial charge in [-0.15, -0.1) is 0 Å². The molecule has 2 aliphatic heterocycles. The van der Waals surface area contributed by atoms with Crippen molar-refractivity contribution in [1.82, 2.24) is 19.8 Å². The number of aromatic amines is 1. The number of nitrogens with one attached hydrogen (secondary N) is 1. The van der Waals surface area contributed by atoms with Crippen molar-refractivity contribution >= 4 is 22.8 Å². The molecule has 1 aromatic heterocycles. The molecule has 7 nitrogen and oxygen atoms in total. The van der Waals surface area contributed by atoms with Gasteiger partial charge in [0.15, 0.2) is 0 Å². The Hall–Kier alpha value is -3.49. The molecule has 2 aliphatic rings. The van der Waals surface area contributed by atoms with Crippen LogP contribution in [0.1, 0.15) is 34.9 Å². The predicted molar refractivity (Wildman–Crippen MR) is 113 cm³/mol. The number of hydrogen-bond acceptors (Lipinski definition) is 4. The number of H-pyrrole nitrogens is 1. The van der Waals surface area contributed by atoms with E-state index in [4.69, 9.17) is 0 Å². The van der Waals surface area contributed by atoms with Gasteiger partial charge in [-0.05, 0) is 37.1 Å². The van der Waals surface area contributed by atoms with Crippen LogP contribution < -0.4 is 4.74 Å². The van der Waals surface area contributed by atoms with Gasteiger partial charge in [-0.2, -0.15) is 8.78 Å². The minimum Gasteiger partial charge on any atom is -0.434 e. The van der Waals surface area contributed by atoms with Crippen LogP contribution >= 0.6 is 0 Å². The molecular weight excluding hydrogens is 418 g/mol. The molecule has 1 atom stereocenters. The number of alkyl halides is 2. The Morgan fingerprint density at radius 2 is 1.84 bits per heavy atom. The van der Waals surface area contributed by atoms with Crippen LogP contribution in [0.4, 0.5) is 8.78 Å². The number of benzene rings is 2. The number of halogens is 2. The van der Waals surface area contributed by atoms with Gasteiger partial charge in [-0.1, -0.05) is 24.3 Å². The minimum absolute atomic E-state index is 0.0382. The van der Waals surface area contributed by atoms with Crippen LogP contribution in [0.25, 0.3) is 11.0 Å². The topological polar surface area (TPSA) is 78.5 Å². The van der Waals surface area contributed by atoms with E-state index in [0.717, 1.165) is 16.9 Å². The molecular formula is C23H22F2N4O3. The molecule has 9 heteroatoms. The molecule has 0 spiro atoms. The number of para-hydroxylation sites is 3. The first-order valence-corrected chi connectivity index (χ1v) is 10.6. The zero-order chi connectivity index (χ0) is 22.2. The molecule has 1 N–H and O–H groups in total. The number of aromatic nitrogens is 2. The van der Waals surface area contributed by atoms with Crippen molar-refractivity contribution in [3.63, 3.8) is 0 Å². The summed E-state index contributed by atoms with van der Waals surface area (Å²) in [5.41, 5.74) is 1.89. The molecule has 0 bridgehead atoms. The fraction of sp³-hybridized carbons (Fsp3) is 0.348. The summed E-state index contributed by atoms with van der Waals surface area (Å²) in [6.45, 7) is -1.57. The molecule has 0 saturated carbocycles. The van der Waals surface area contributed by atoms with Crippen molar-refractivity contribution in [1.29, 1.82) is 0 Å². The smallest absolute Gasteiger partial charge is 0.387 e. The van der Waals surface area contributed by atoms with E-state index < -0.39 is 18.6 Å². The van der Waals surface area contributed by atoms with Crippen molar-refractivity contribution in [2.75, 3.05) is 19.6 Å². The molecule has 2 aromatic carbocycles. The summed E-state index contributed by atoms with van der Waals surface area (Å²) in [5, 5.41) is 0. The Balaban J connectivity index is 1.27. The predicted octanol–water partition coefficient (Wildman–Crippen LogP) is 3.39. The number of amides is 2. The third-order valence-electron chi connectivity index (χ3n) is 6.12. The number of carbonyl (C=O) groups is 2. The lowest BCUT2D eigenvalue weighted by molar-refractivity contribution is -0.139. The molecule has 1 unspecified atom stereocenters. The SMILES string of the molecule is O=C(C1CCCN1C(=O)c1ccccc1OC(F)F)N1CC(c2nc3ccccc3[nH]2)C1. The summed E-state index contributed by atoms with van der Waals surface area (Å²) >= 11 is 0. The quantitative estimate of drug-likeness (QED) is 0.660. The maximum absolute atomic E-state index is 13.1. The lowest BCUT2D eigenvalue weighted by atomic mass is 9.97. The summed E-state index contributed by atoms with van der Waals surface area (Å²) in [4.78, 5) is 37.4. The fourth-order valence-electron chi connectivity index (χ4n) is 4.47. The monoisotopic (exact) mass is 440 g/mol. The summed E-state index contributed by atoms with van der Waals surface area (Å²) in [5.74, 6) is 0.214.